The van der Waals surface area contributed by atoms with Gasteiger partial charge in [0.15, 0.2) is 0 Å². The van der Waals surface area contributed by atoms with E-state index >= 15 is 0 Å². The van der Waals surface area contributed by atoms with Crippen LogP contribution in [-0.2, 0) is 9.59 Å². The largest absolute Gasteiger partial charge is 0.342 e. The molecule has 0 saturated heterocycles. The summed E-state index contributed by atoms with van der Waals surface area (Å²) >= 11 is 0. The Balaban J connectivity index is 1.91. The number of para-hydroxylation sites is 1. The number of carbonyl (C=O) groups is 2. The maximum Gasteiger partial charge on any atom is 0.227 e. The van der Waals surface area contributed by atoms with Crippen LogP contribution in [0.1, 0.15) is 52.4 Å². The Morgan fingerprint density at radius 2 is 1.50 bits per heavy atom. The van der Waals surface area contributed by atoms with E-state index in [4.69, 9.17) is 0 Å². The molecule has 0 heterocycles. The Bertz CT molecular complexity index is 602. The fourth-order valence-corrected chi connectivity index (χ4v) is 3.58. The van der Waals surface area contributed by atoms with E-state index in [9.17, 15) is 18.4 Å². The van der Waals surface area contributed by atoms with E-state index in [1.165, 1.54) is 6.07 Å². The third kappa shape index (κ3) is 5.02. The lowest BCUT2D eigenvalue weighted by Gasteiger charge is -2.31. The van der Waals surface area contributed by atoms with Crippen molar-refractivity contribution in [1.29, 1.82) is 0 Å². The standard InChI is InChI=1S/C20H28F2N2O2/c1-3-12-24(13-4-2)20(26)15-10-8-14(9-11-15)19(25)23-18-16(21)6-5-7-17(18)22/h5-7,14-15H,3-4,8-13H2,1-2H3,(H,23,25). The number of rotatable bonds is 7. The zero-order valence-corrected chi connectivity index (χ0v) is 15.6. The van der Waals surface area contributed by atoms with Gasteiger partial charge in [0.25, 0.3) is 0 Å². The highest BCUT2D eigenvalue weighted by molar-refractivity contribution is 5.93. The maximum absolute atomic E-state index is 13.7. The van der Waals surface area contributed by atoms with Gasteiger partial charge in [-0.25, -0.2) is 8.78 Å². The number of benzene rings is 1. The van der Waals surface area contributed by atoms with Gasteiger partial charge in [0.1, 0.15) is 17.3 Å². The first kappa shape index (κ1) is 20.3. The Kier molecular flexibility index (Phi) is 7.54. The second kappa shape index (κ2) is 9.64. The Hall–Kier alpha value is -1.98. The molecule has 0 atom stereocenters. The van der Waals surface area contributed by atoms with E-state index < -0.39 is 17.3 Å². The van der Waals surface area contributed by atoms with Crippen LogP contribution in [0.4, 0.5) is 14.5 Å². The molecule has 1 aliphatic carbocycles. The van der Waals surface area contributed by atoms with Gasteiger partial charge in [-0.2, -0.15) is 0 Å². The summed E-state index contributed by atoms with van der Waals surface area (Å²) in [6.07, 6.45) is 4.26. The summed E-state index contributed by atoms with van der Waals surface area (Å²) in [5.41, 5.74) is -0.396. The third-order valence-electron chi connectivity index (χ3n) is 4.96. The lowest BCUT2D eigenvalue weighted by molar-refractivity contribution is -0.138. The summed E-state index contributed by atoms with van der Waals surface area (Å²) in [7, 11) is 0. The second-order valence-electron chi connectivity index (χ2n) is 6.96. The molecule has 1 aromatic carbocycles. The quantitative estimate of drug-likeness (QED) is 0.779. The minimum Gasteiger partial charge on any atom is -0.342 e. The van der Waals surface area contributed by atoms with Crippen LogP contribution in [0.5, 0.6) is 0 Å². The van der Waals surface area contributed by atoms with Crippen molar-refractivity contribution in [2.24, 2.45) is 11.8 Å². The molecule has 2 rings (SSSR count). The first-order chi connectivity index (χ1) is 12.5. The average Bonchev–Trinajstić information content (AvgIpc) is 2.64. The zero-order valence-electron chi connectivity index (χ0n) is 15.6. The average molecular weight is 366 g/mol. The van der Waals surface area contributed by atoms with Crippen LogP contribution < -0.4 is 5.32 Å². The summed E-state index contributed by atoms with van der Waals surface area (Å²) < 4.78 is 27.3. The van der Waals surface area contributed by atoms with Gasteiger partial charge in [0.2, 0.25) is 11.8 Å². The fourth-order valence-electron chi connectivity index (χ4n) is 3.58. The van der Waals surface area contributed by atoms with Gasteiger partial charge in [0, 0.05) is 24.9 Å². The summed E-state index contributed by atoms with van der Waals surface area (Å²) in [4.78, 5) is 26.9. The Morgan fingerprint density at radius 1 is 1.00 bits per heavy atom. The van der Waals surface area contributed by atoms with Crippen LogP contribution in [0.2, 0.25) is 0 Å². The molecular weight excluding hydrogens is 338 g/mol. The van der Waals surface area contributed by atoms with Crippen molar-refractivity contribution in [3.63, 3.8) is 0 Å². The van der Waals surface area contributed by atoms with Crippen molar-refractivity contribution >= 4 is 17.5 Å². The van der Waals surface area contributed by atoms with Crippen molar-refractivity contribution in [3.05, 3.63) is 29.8 Å². The monoisotopic (exact) mass is 366 g/mol. The molecule has 0 aliphatic heterocycles. The smallest absolute Gasteiger partial charge is 0.227 e. The van der Waals surface area contributed by atoms with Crippen molar-refractivity contribution in [2.45, 2.75) is 52.4 Å². The van der Waals surface area contributed by atoms with Gasteiger partial charge in [-0.1, -0.05) is 19.9 Å². The van der Waals surface area contributed by atoms with E-state index in [-0.39, 0.29) is 23.7 Å². The third-order valence-corrected chi connectivity index (χ3v) is 4.96. The molecule has 1 aliphatic rings. The summed E-state index contributed by atoms with van der Waals surface area (Å²) in [5.74, 6) is -2.13. The lowest BCUT2D eigenvalue weighted by Crippen LogP contribution is -2.39. The van der Waals surface area contributed by atoms with E-state index in [1.54, 1.807) is 0 Å². The van der Waals surface area contributed by atoms with Crippen LogP contribution >= 0.6 is 0 Å². The van der Waals surface area contributed by atoms with E-state index in [2.05, 4.69) is 19.2 Å². The summed E-state index contributed by atoms with van der Waals surface area (Å²) in [6.45, 7) is 5.64. The SMILES string of the molecule is CCCN(CCC)C(=O)C1CCC(C(=O)Nc2c(F)cccc2F)CC1. The number of hydrogen-bond donors (Lipinski definition) is 1. The number of nitrogens with one attached hydrogen (secondary N) is 1. The molecule has 1 saturated carbocycles. The predicted molar refractivity (Wildman–Crippen MR) is 97.6 cm³/mol. The number of hydrogen-bond acceptors (Lipinski definition) is 2. The number of halogens is 2. The lowest BCUT2D eigenvalue weighted by atomic mass is 9.80. The molecule has 0 bridgehead atoms. The molecule has 0 aromatic heterocycles. The van der Waals surface area contributed by atoms with Crippen molar-refractivity contribution in [2.75, 3.05) is 18.4 Å². The molecule has 6 heteroatoms. The normalized spacial score (nSPS) is 19.8. The van der Waals surface area contributed by atoms with Gasteiger partial charge >= 0.3 is 0 Å². The molecule has 4 nitrogen and oxygen atoms in total. The Morgan fingerprint density at radius 3 is 2.00 bits per heavy atom. The van der Waals surface area contributed by atoms with Crippen LogP contribution in [0.25, 0.3) is 0 Å². The topological polar surface area (TPSA) is 49.4 Å². The minimum atomic E-state index is -0.781. The molecule has 26 heavy (non-hydrogen) atoms. The number of nitrogens with zero attached hydrogens (tertiary/aromatic N) is 1. The molecule has 0 unspecified atom stereocenters. The van der Waals surface area contributed by atoms with E-state index in [0.717, 1.165) is 38.1 Å². The first-order valence-corrected chi connectivity index (χ1v) is 9.51. The van der Waals surface area contributed by atoms with Gasteiger partial charge in [-0.3, -0.25) is 9.59 Å². The second-order valence-corrected chi connectivity index (χ2v) is 6.96. The van der Waals surface area contributed by atoms with Crippen LogP contribution in [0.3, 0.4) is 0 Å². The van der Waals surface area contributed by atoms with Crippen molar-refractivity contribution in [3.8, 4) is 0 Å². The molecule has 1 fully saturated rings. The number of carbonyl (C=O) groups excluding carboxylic acids is 2. The number of amides is 2. The molecular formula is C20H28F2N2O2. The molecule has 1 N–H and O–H groups in total. The van der Waals surface area contributed by atoms with Crippen molar-refractivity contribution in [1.82, 2.24) is 4.90 Å². The molecule has 1 aromatic rings. The molecule has 144 valence electrons. The molecule has 0 radical (unpaired) electrons. The van der Waals surface area contributed by atoms with Gasteiger partial charge in [0.05, 0.1) is 0 Å². The predicted octanol–water partition coefficient (Wildman–Crippen LogP) is 4.36. The first-order valence-electron chi connectivity index (χ1n) is 9.51. The van der Waals surface area contributed by atoms with E-state index in [0.29, 0.717) is 25.7 Å². The minimum absolute atomic E-state index is 0.0534. The molecule has 2 amide bonds. The van der Waals surface area contributed by atoms with Crippen molar-refractivity contribution < 1.29 is 18.4 Å². The highest BCUT2D eigenvalue weighted by atomic mass is 19.1. The summed E-state index contributed by atoms with van der Waals surface area (Å²) in [6, 6.07) is 3.49. The van der Waals surface area contributed by atoms with Crippen LogP contribution in [-0.4, -0.2) is 29.8 Å². The van der Waals surface area contributed by atoms with Gasteiger partial charge in [-0.05, 0) is 50.7 Å². The van der Waals surface area contributed by atoms with E-state index in [1.807, 2.05) is 4.90 Å². The molecule has 0 spiro atoms. The van der Waals surface area contributed by atoms with Gasteiger partial charge < -0.3 is 10.2 Å². The van der Waals surface area contributed by atoms with Gasteiger partial charge in [-0.15, -0.1) is 0 Å². The fraction of sp³-hybridized carbons (Fsp3) is 0.600. The van der Waals surface area contributed by atoms with Crippen LogP contribution in [0, 0.1) is 23.5 Å². The summed E-state index contributed by atoms with van der Waals surface area (Å²) in [5, 5.41) is 2.37. The van der Waals surface area contributed by atoms with Crippen LogP contribution in [0.15, 0.2) is 18.2 Å². The Labute approximate surface area is 153 Å². The maximum atomic E-state index is 13.7. The zero-order chi connectivity index (χ0) is 19.1. The number of anilines is 1. The highest BCUT2D eigenvalue weighted by Gasteiger charge is 2.32. The highest BCUT2D eigenvalue weighted by Crippen LogP contribution is 2.31.